The molecule has 4 rings (SSSR count). The van der Waals surface area contributed by atoms with Crippen molar-refractivity contribution in [1.29, 1.82) is 0 Å². The first kappa shape index (κ1) is 33.6. The number of hydrogen-bond acceptors (Lipinski definition) is 5. The molecule has 1 fully saturated rings. The monoisotopic (exact) mass is 659 g/mol. The van der Waals surface area contributed by atoms with E-state index in [4.69, 9.17) is 27.9 Å². The Hall–Kier alpha value is -3.27. The zero-order valence-electron chi connectivity index (χ0n) is 25.3. The van der Waals surface area contributed by atoms with E-state index < -0.39 is 28.5 Å². The number of amides is 2. The van der Waals surface area contributed by atoms with Crippen molar-refractivity contribution in [3.05, 3.63) is 93.5 Å². The van der Waals surface area contributed by atoms with Crippen LogP contribution >= 0.6 is 23.2 Å². The van der Waals surface area contributed by atoms with Gasteiger partial charge in [0.05, 0.1) is 29.1 Å². The number of nitrogens with one attached hydrogen (secondary N) is 1. The molecule has 11 heteroatoms. The maximum atomic E-state index is 14.4. The third-order valence-corrected chi connectivity index (χ3v) is 9.71. The van der Waals surface area contributed by atoms with Crippen molar-refractivity contribution >= 4 is 50.7 Å². The lowest BCUT2D eigenvalue weighted by Gasteiger charge is -2.35. The average molecular weight is 661 g/mol. The Bertz CT molecular complexity index is 1560. The van der Waals surface area contributed by atoms with Crippen molar-refractivity contribution in [2.45, 2.75) is 64.1 Å². The molecule has 0 saturated heterocycles. The third kappa shape index (κ3) is 8.89. The lowest BCUT2D eigenvalue weighted by molar-refractivity contribution is -0.140. The number of halogens is 2. The van der Waals surface area contributed by atoms with Gasteiger partial charge in [0, 0.05) is 19.0 Å². The molecule has 1 atom stereocenters. The number of sulfonamides is 1. The van der Waals surface area contributed by atoms with Crippen LogP contribution in [0.4, 0.5) is 5.69 Å². The second-order valence-electron chi connectivity index (χ2n) is 11.3. The van der Waals surface area contributed by atoms with Crippen LogP contribution in [0.5, 0.6) is 5.75 Å². The van der Waals surface area contributed by atoms with Gasteiger partial charge in [-0.15, -0.1) is 0 Å². The number of carbonyl (C=O) groups is 2. The van der Waals surface area contributed by atoms with E-state index in [0.29, 0.717) is 21.4 Å². The van der Waals surface area contributed by atoms with Gasteiger partial charge in [0.25, 0.3) is 0 Å². The van der Waals surface area contributed by atoms with Gasteiger partial charge in [0.15, 0.2) is 0 Å². The van der Waals surface area contributed by atoms with Gasteiger partial charge in [-0.2, -0.15) is 0 Å². The number of benzene rings is 3. The van der Waals surface area contributed by atoms with Crippen LogP contribution in [0.3, 0.4) is 0 Å². The van der Waals surface area contributed by atoms with Crippen LogP contribution in [-0.4, -0.2) is 57.1 Å². The molecule has 44 heavy (non-hydrogen) atoms. The fourth-order valence-corrected chi connectivity index (χ4v) is 6.69. The Balaban J connectivity index is 1.77. The van der Waals surface area contributed by atoms with Gasteiger partial charge in [-0.3, -0.25) is 13.9 Å². The number of hydrogen-bond donors (Lipinski definition) is 1. The first-order chi connectivity index (χ1) is 21.0. The van der Waals surface area contributed by atoms with Crippen LogP contribution < -0.4 is 14.4 Å². The van der Waals surface area contributed by atoms with Crippen molar-refractivity contribution in [2.75, 3.05) is 24.2 Å². The molecule has 8 nitrogen and oxygen atoms in total. The minimum Gasteiger partial charge on any atom is -0.495 e. The number of ether oxygens (including phenoxy) is 1. The number of carbonyl (C=O) groups excluding carboxylic acids is 2. The standard InChI is InChI=1S/C33H39Cl2N3O5S/c1-23-14-17-31(43-2)29(18-23)38(44(3,41)42)22-32(39)37(21-25-15-16-27(34)28(35)19-25)30(20-24-10-6-4-7-11-24)33(40)36-26-12-8-5-9-13-26/h4,6-7,10-11,14-19,26,30H,5,8-9,12-13,20-22H2,1-3H3,(H,36,40)/t30-/m0/s1. The van der Waals surface area contributed by atoms with Gasteiger partial charge in [-0.25, -0.2) is 8.42 Å². The molecule has 1 aliphatic carbocycles. The Morgan fingerprint density at radius 3 is 2.30 bits per heavy atom. The summed E-state index contributed by atoms with van der Waals surface area (Å²) < 4.78 is 32.8. The summed E-state index contributed by atoms with van der Waals surface area (Å²) in [6.45, 7) is 1.29. The quantitative estimate of drug-likeness (QED) is 0.251. The molecule has 1 aliphatic rings. The summed E-state index contributed by atoms with van der Waals surface area (Å²) in [5, 5.41) is 3.86. The normalized spacial score (nSPS) is 14.5. The number of aryl methyl sites for hydroxylation is 1. The highest BCUT2D eigenvalue weighted by molar-refractivity contribution is 7.92. The van der Waals surface area contributed by atoms with Crippen molar-refractivity contribution < 1.29 is 22.7 Å². The third-order valence-electron chi connectivity index (χ3n) is 7.84. The zero-order valence-corrected chi connectivity index (χ0v) is 27.6. The number of anilines is 1. The summed E-state index contributed by atoms with van der Waals surface area (Å²) in [4.78, 5) is 29.9. The lowest BCUT2D eigenvalue weighted by Crippen LogP contribution is -2.55. The molecule has 0 bridgehead atoms. The first-order valence-corrected chi connectivity index (χ1v) is 17.3. The Kier molecular flexibility index (Phi) is 11.6. The van der Waals surface area contributed by atoms with Gasteiger partial charge >= 0.3 is 0 Å². The zero-order chi connectivity index (χ0) is 31.9. The molecule has 1 N–H and O–H groups in total. The highest BCUT2D eigenvalue weighted by atomic mass is 35.5. The molecule has 0 unspecified atom stereocenters. The summed E-state index contributed by atoms with van der Waals surface area (Å²) in [7, 11) is -2.50. The van der Waals surface area contributed by atoms with Gasteiger partial charge in [-0.1, -0.05) is 84.9 Å². The topological polar surface area (TPSA) is 96.0 Å². The molecule has 3 aromatic rings. The molecule has 0 heterocycles. The smallest absolute Gasteiger partial charge is 0.244 e. The van der Waals surface area contributed by atoms with Gasteiger partial charge in [0.2, 0.25) is 21.8 Å². The number of nitrogens with zero attached hydrogens (tertiary/aromatic N) is 2. The minimum atomic E-state index is -3.94. The predicted octanol–water partition coefficient (Wildman–Crippen LogP) is 6.17. The summed E-state index contributed by atoms with van der Waals surface area (Å²) in [5.41, 5.74) is 2.55. The fourth-order valence-electron chi connectivity index (χ4n) is 5.52. The van der Waals surface area contributed by atoms with Crippen LogP contribution in [0.2, 0.25) is 10.0 Å². The van der Waals surface area contributed by atoms with E-state index >= 15 is 0 Å². The highest BCUT2D eigenvalue weighted by Gasteiger charge is 2.34. The Morgan fingerprint density at radius 1 is 0.955 bits per heavy atom. The van der Waals surface area contributed by atoms with E-state index in [0.717, 1.165) is 53.8 Å². The Labute approximate surface area is 270 Å². The Morgan fingerprint density at radius 2 is 1.66 bits per heavy atom. The molecule has 2 amide bonds. The van der Waals surface area contributed by atoms with Crippen LogP contribution in [-0.2, 0) is 32.6 Å². The lowest BCUT2D eigenvalue weighted by atomic mass is 9.94. The van der Waals surface area contributed by atoms with Crippen molar-refractivity contribution in [3.8, 4) is 5.75 Å². The predicted molar refractivity (Wildman–Crippen MR) is 176 cm³/mol. The second kappa shape index (κ2) is 15.1. The van der Waals surface area contributed by atoms with E-state index in [1.807, 2.05) is 37.3 Å². The maximum Gasteiger partial charge on any atom is 0.244 e. The first-order valence-electron chi connectivity index (χ1n) is 14.7. The number of rotatable bonds is 12. The van der Waals surface area contributed by atoms with Gasteiger partial charge < -0.3 is 15.0 Å². The summed E-state index contributed by atoms with van der Waals surface area (Å²) >= 11 is 12.5. The second-order valence-corrected chi connectivity index (χ2v) is 14.0. The molecule has 3 aromatic carbocycles. The molecule has 0 spiro atoms. The molecule has 0 aliphatic heterocycles. The van der Waals surface area contributed by atoms with E-state index in [1.165, 1.54) is 12.0 Å². The summed E-state index contributed by atoms with van der Waals surface area (Å²) in [6, 6.07) is 18.7. The van der Waals surface area contributed by atoms with Gasteiger partial charge in [0.1, 0.15) is 18.3 Å². The van der Waals surface area contributed by atoms with Crippen molar-refractivity contribution in [1.82, 2.24) is 10.2 Å². The molecule has 0 radical (unpaired) electrons. The number of methoxy groups -OCH3 is 1. The highest BCUT2D eigenvalue weighted by Crippen LogP contribution is 2.32. The maximum absolute atomic E-state index is 14.4. The molecule has 1 saturated carbocycles. The van der Waals surface area contributed by atoms with E-state index in [9.17, 15) is 18.0 Å². The van der Waals surface area contributed by atoms with Crippen LogP contribution in [0.1, 0.15) is 48.8 Å². The van der Waals surface area contributed by atoms with Crippen molar-refractivity contribution in [2.24, 2.45) is 0 Å². The minimum absolute atomic E-state index is 0.00780. The van der Waals surface area contributed by atoms with Crippen LogP contribution in [0.15, 0.2) is 66.7 Å². The van der Waals surface area contributed by atoms with Crippen LogP contribution in [0.25, 0.3) is 0 Å². The van der Waals surface area contributed by atoms with Crippen molar-refractivity contribution in [3.63, 3.8) is 0 Å². The molecular formula is C33H39Cl2N3O5S. The van der Waals surface area contributed by atoms with Gasteiger partial charge in [-0.05, 0) is 60.7 Å². The average Bonchev–Trinajstić information content (AvgIpc) is 2.99. The molecular weight excluding hydrogens is 621 g/mol. The fraction of sp³-hybridized carbons (Fsp3) is 0.394. The summed E-state index contributed by atoms with van der Waals surface area (Å²) in [5.74, 6) is -0.529. The largest absolute Gasteiger partial charge is 0.495 e. The molecule has 0 aromatic heterocycles. The summed E-state index contributed by atoms with van der Waals surface area (Å²) in [6.07, 6.45) is 6.22. The van der Waals surface area contributed by atoms with E-state index in [-0.39, 0.29) is 30.6 Å². The van der Waals surface area contributed by atoms with E-state index in [1.54, 1.807) is 36.4 Å². The molecule has 236 valence electrons. The van der Waals surface area contributed by atoms with E-state index in [2.05, 4.69) is 5.32 Å². The van der Waals surface area contributed by atoms with Crippen LogP contribution in [0, 0.1) is 6.92 Å². The SMILES string of the molecule is COc1ccc(C)cc1N(CC(=O)N(Cc1ccc(Cl)c(Cl)c1)[C@@H](Cc1ccccc1)C(=O)NC1CCCCC1)S(C)(=O)=O.